The molecule has 2 heteroatoms. The minimum atomic E-state index is 0.904. The molecule has 0 aliphatic rings. The monoisotopic (exact) mass is 225 g/mol. The molecular formula is C13H20ClN. The number of aryl methyl sites for hydroxylation is 1. The number of hydrogen-bond acceptors (Lipinski definition) is 1. The lowest BCUT2D eigenvalue weighted by Gasteiger charge is -2.13. The summed E-state index contributed by atoms with van der Waals surface area (Å²) in [4.78, 5) is 2.34. The van der Waals surface area contributed by atoms with E-state index in [-0.39, 0.29) is 0 Å². The summed E-state index contributed by atoms with van der Waals surface area (Å²) in [6, 6.07) is 8.12. The quantitative estimate of drug-likeness (QED) is 0.669. The molecule has 1 aromatic rings. The second kappa shape index (κ2) is 6.86. The van der Waals surface area contributed by atoms with Crippen molar-refractivity contribution in [2.24, 2.45) is 0 Å². The maximum Gasteiger partial charge on any atom is 0.0437 e. The van der Waals surface area contributed by atoms with Crippen LogP contribution in [0.2, 0.25) is 5.02 Å². The molecular weight excluding hydrogens is 206 g/mol. The molecule has 0 radical (unpaired) electrons. The lowest BCUT2D eigenvalue weighted by Crippen LogP contribution is -2.18. The first-order valence-electron chi connectivity index (χ1n) is 5.66. The van der Waals surface area contributed by atoms with Crippen molar-refractivity contribution in [3.63, 3.8) is 0 Å². The summed E-state index contributed by atoms with van der Waals surface area (Å²) in [7, 11) is 2.16. The number of nitrogens with zero attached hydrogens (tertiary/aromatic N) is 1. The first-order valence-corrected chi connectivity index (χ1v) is 6.03. The fourth-order valence-electron chi connectivity index (χ4n) is 1.56. The average molecular weight is 226 g/mol. The van der Waals surface area contributed by atoms with Crippen molar-refractivity contribution in [3.8, 4) is 0 Å². The standard InChI is InChI=1S/C13H20ClN/c1-3-15(2)11-7-6-9-12-8-4-5-10-13(12)14/h4-5,8,10H,3,6-7,9,11H2,1-2H3. The van der Waals surface area contributed by atoms with Gasteiger partial charge < -0.3 is 4.90 Å². The summed E-state index contributed by atoms with van der Waals surface area (Å²) in [5.41, 5.74) is 1.28. The first kappa shape index (κ1) is 12.5. The van der Waals surface area contributed by atoms with E-state index >= 15 is 0 Å². The molecule has 1 rings (SSSR count). The van der Waals surface area contributed by atoms with Gasteiger partial charge >= 0.3 is 0 Å². The summed E-state index contributed by atoms with van der Waals surface area (Å²) >= 11 is 6.08. The van der Waals surface area contributed by atoms with Crippen molar-refractivity contribution in [2.75, 3.05) is 20.1 Å². The second-order valence-corrected chi connectivity index (χ2v) is 4.35. The highest BCUT2D eigenvalue weighted by molar-refractivity contribution is 6.31. The van der Waals surface area contributed by atoms with E-state index in [2.05, 4.69) is 31.0 Å². The molecule has 84 valence electrons. The molecule has 0 atom stereocenters. The van der Waals surface area contributed by atoms with Crippen LogP contribution < -0.4 is 0 Å². The largest absolute Gasteiger partial charge is 0.307 e. The second-order valence-electron chi connectivity index (χ2n) is 3.94. The van der Waals surface area contributed by atoms with E-state index in [1.807, 2.05) is 12.1 Å². The van der Waals surface area contributed by atoms with E-state index in [0.29, 0.717) is 0 Å². The summed E-state index contributed by atoms with van der Waals surface area (Å²) in [6.45, 7) is 4.50. The van der Waals surface area contributed by atoms with Crippen LogP contribution >= 0.6 is 11.6 Å². The van der Waals surface area contributed by atoms with E-state index in [1.165, 1.54) is 24.9 Å². The van der Waals surface area contributed by atoms with E-state index in [1.54, 1.807) is 0 Å². The third-order valence-corrected chi connectivity index (χ3v) is 3.10. The maximum atomic E-state index is 6.08. The van der Waals surface area contributed by atoms with E-state index in [0.717, 1.165) is 18.0 Å². The Balaban J connectivity index is 2.23. The van der Waals surface area contributed by atoms with Gasteiger partial charge in [0.1, 0.15) is 0 Å². The molecule has 0 bridgehead atoms. The predicted octanol–water partition coefficient (Wildman–Crippen LogP) is 3.61. The first-order chi connectivity index (χ1) is 7.24. The molecule has 0 spiro atoms. The summed E-state index contributed by atoms with van der Waals surface area (Å²) < 4.78 is 0. The van der Waals surface area contributed by atoms with Gasteiger partial charge in [-0.15, -0.1) is 0 Å². The van der Waals surface area contributed by atoms with Crippen LogP contribution in [0, 0.1) is 0 Å². The number of hydrogen-bond donors (Lipinski definition) is 0. The molecule has 15 heavy (non-hydrogen) atoms. The Kier molecular flexibility index (Phi) is 5.74. The highest BCUT2D eigenvalue weighted by Gasteiger charge is 1.99. The molecule has 0 heterocycles. The van der Waals surface area contributed by atoms with Crippen LogP contribution in [-0.2, 0) is 6.42 Å². The number of halogens is 1. The van der Waals surface area contributed by atoms with Gasteiger partial charge in [0.25, 0.3) is 0 Å². The molecule has 0 fully saturated rings. The van der Waals surface area contributed by atoms with Crippen LogP contribution in [0.1, 0.15) is 25.3 Å². The summed E-state index contributed by atoms with van der Waals surface area (Å²) in [5.74, 6) is 0. The molecule has 0 amide bonds. The van der Waals surface area contributed by atoms with Crippen molar-refractivity contribution >= 4 is 11.6 Å². The van der Waals surface area contributed by atoms with Crippen LogP contribution in [0.25, 0.3) is 0 Å². The van der Waals surface area contributed by atoms with Gasteiger partial charge in [-0.1, -0.05) is 36.7 Å². The fourth-order valence-corrected chi connectivity index (χ4v) is 1.79. The van der Waals surface area contributed by atoms with Crippen molar-refractivity contribution in [3.05, 3.63) is 34.9 Å². The molecule has 1 nitrogen and oxygen atoms in total. The SMILES string of the molecule is CCN(C)CCCCc1ccccc1Cl. The van der Waals surface area contributed by atoms with Crippen molar-refractivity contribution < 1.29 is 0 Å². The highest BCUT2D eigenvalue weighted by Crippen LogP contribution is 2.17. The van der Waals surface area contributed by atoms with Crippen LogP contribution in [-0.4, -0.2) is 25.0 Å². The van der Waals surface area contributed by atoms with Gasteiger partial charge in [-0.05, 0) is 51.0 Å². The maximum absolute atomic E-state index is 6.08. The molecule has 0 saturated heterocycles. The fraction of sp³-hybridized carbons (Fsp3) is 0.538. The average Bonchev–Trinajstić information content (AvgIpc) is 2.26. The molecule has 0 saturated carbocycles. The zero-order valence-corrected chi connectivity index (χ0v) is 10.4. The Morgan fingerprint density at radius 1 is 1.20 bits per heavy atom. The Morgan fingerprint density at radius 2 is 1.93 bits per heavy atom. The Labute approximate surface area is 98.0 Å². The third-order valence-electron chi connectivity index (χ3n) is 2.73. The zero-order chi connectivity index (χ0) is 11.1. The van der Waals surface area contributed by atoms with Gasteiger partial charge in [0.05, 0.1) is 0 Å². The highest BCUT2D eigenvalue weighted by atomic mass is 35.5. The molecule has 0 aliphatic carbocycles. The van der Waals surface area contributed by atoms with Gasteiger partial charge in [0.2, 0.25) is 0 Å². The topological polar surface area (TPSA) is 3.24 Å². The summed E-state index contributed by atoms with van der Waals surface area (Å²) in [5, 5.41) is 0.904. The number of rotatable bonds is 6. The Morgan fingerprint density at radius 3 is 2.60 bits per heavy atom. The van der Waals surface area contributed by atoms with Crippen molar-refractivity contribution in [1.29, 1.82) is 0 Å². The lowest BCUT2D eigenvalue weighted by molar-refractivity contribution is 0.343. The molecule has 0 unspecified atom stereocenters. The smallest absolute Gasteiger partial charge is 0.0437 e. The predicted molar refractivity (Wildman–Crippen MR) is 67.6 cm³/mol. The van der Waals surface area contributed by atoms with Gasteiger partial charge in [0, 0.05) is 5.02 Å². The van der Waals surface area contributed by atoms with Gasteiger partial charge in [0.15, 0.2) is 0 Å². The molecule has 1 aromatic carbocycles. The Bertz CT molecular complexity index is 286. The Hall–Kier alpha value is -0.530. The van der Waals surface area contributed by atoms with Gasteiger partial charge in [-0.3, -0.25) is 0 Å². The number of benzene rings is 1. The minimum absolute atomic E-state index is 0.904. The normalized spacial score (nSPS) is 10.9. The van der Waals surface area contributed by atoms with E-state index in [9.17, 15) is 0 Å². The third kappa shape index (κ3) is 4.67. The van der Waals surface area contributed by atoms with Crippen LogP contribution in [0.4, 0.5) is 0 Å². The molecule has 0 N–H and O–H groups in total. The van der Waals surface area contributed by atoms with E-state index in [4.69, 9.17) is 11.6 Å². The number of unbranched alkanes of at least 4 members (excludes halogenated alkanes) is 1. The lowest BCUT2D eigenvalue weighted by atomic mass is 10.1. The van der Waals surface area contributed by atoms with Crippen LogP contribution in [0.3, 0.4) is 0 Å². The van der Waals surface area contributed by atoms with Gasteiger partial charge in [-0.25, -0.2) is 0 Å². The summed E-state index contributed by atoms with van der Waals surface area (Å²) in [6.07, 6.45) is 3.56. The molecule has 0 aromatic heterocycles. The van der Waals surface area contributed by atoms with Gasteiger partial charge in [-0.2, -0.15) is 0 Å². The van der Waals surface area contributed by atoms with E-state index < -0.39 is 0 Å². The van der Waals surface area contributed by atoms with Crippen molar-refractivity contribution in [1.82, 2.24) is 4.90 Å². The van der Waals surface area contributed by atoms with Crippen LogP contribution in [0.15, 0.2) is 24.3 Å². The minimum Gasteiger partial charge on any atom is -0.307 e. The zero-order valence-electron chi connectivity index (χ0n) is 9.67. The van der Waals surface area contributed by atoms with Crippen molar-refractivity contribution in [2.45, 2.75) is 26.2 Å². The molecule has 0 aliphatic heterocycles. The van der Waals surface area contributed by atoms with Crippen LogP contribution in [0.5, 0.6) is 0 Å².